The van der Waals surface area contributed by atoms with Gasteiger partial charge >= 0.3 is 0 Å². The van der Waals surface area contributed by atoms with Crippen LogP contribution in [0.5, 0.6) is 0 Å². The minimum absolute atomic E-state index is 0.701. The van der Waals surface area contributed by atoms with Gasteiger partial charge in [-0.1, -0.05) is 89.6 Å². The summed E-state index contributed by atoms with van der Waals surface area (Å²) in [4.78, 5) is 6.43. The minimum Gasteiger partial charge on any atom is -0.381 e. The van der Waals surface area contributed by atoms with Crippen LogP contribution < -0.4 is 0 Å². The Balaban J connectivity index is 3.48. The van der Waals surface area contributed by atoms with Gasteiger partial charge in [0.05, 0.1) is 23.2 Å². The van der Waals surface area contributed by atoms with Gasteiger partial charge in [0.15, 0.2) is 0 Å². The molecule has 0 aromatic carbocycles. The van der Waals surface area contributed by atoms with Crippen LogP contribution in [0.2, 0.25) is 0 Å². The molecule has 31 heavy (non-hydrogen) atoms. The fourth-order valence-electron chi connectivity index (χ4n) is 3.32. The molecular weight excluding hydrogens is 424 g/mol. The van der Waals surface area contributed by atoms with Crippen molar-refractivity contribution in [1.82, 2.24) is 9.80 Å². The van der Waals surface area contributed by atoms with Gasteiger partial charge in [0.1, 0.15) is 0 Å². The summed E-state index contributed by atoms with van der Waals surface area (Å²) in [5.74, 6) is 0. The summed E-state index contributed by atoms with van der Waals surface area (Å²) >= 11 is 11.0. The molecule has 184 valence electrons. The van der Waals surface area contributed by atoms with Gasteiger partial charge in [-0.25, -0.2) is 0 Å². The molecule has 0 saturated heterocycles. The van der Waals surface area contributed by atoms with Gasteiger partial charge in [0.2, 0.25) is 0 Å². The Kier molecular flexibility index (Phi) is 22.7. The quantitative estimate of drug-likeness (QED) is 0.129. The Morgan fingerprint density at radius 1 is 0.548 bits per heavy atom. The summed E-state index contributed by atoms with van der Waals surface area (Å²) in [7, 11) is 4.20. The van der Waals surface area contributed by atoms with E-state index in [0.29, 0.717) is 13.2 Å². The molecule has 0 radical (unpaired) electrons. The highest BCUT2D eigenvalue weighted by atomic mass is 32.1. The molecule has 0 rings (SSSR count). The first-order valence-corrected chi connectivity index (χ1v) is 13.5. The second kappa shape index (κ2) is 22.9. The largest absolute Gasteiger partial charge is 0.381 e. The first kappa shape index (κ1) is 30.7. The fourth-order valence-corrected chi connectivity index (χ4v) is 3.67. The lowest BCUT2D eigenvalue weighted by Gasteiger charge is -2.20. The second-order valence-electron chi connectivity index (χ2n) is 8.54. The van der Waals surface area contributed by atoms with Crippen LogP contribution in [-0.2, 0) is 9.47 Å². The predicted molar refractivity (Wildman–Crippen MR) is 143 cm³/mol. The number of nitrogens with zero attached hydrogens (tertiary/aromatic N) is 2. The molecule has 6 heteroatoms. The van der Waals surface area contributed by atoms with Gasteiger partial charge in [0.25, 0.3) is 0 Å². The highest BCUT2D eigenvalue weighted by Gasteiger charge is 2.05. The molecule has 0 atom stereocenters. The van der Waals surface area contributed by atoms with Gasteiger partial charge in [0, 0.05) is 53.2 Å². The van der Waals surface area contributed by atoms with Crippen LogP contribution in [0.1, 0.15) is 97.3 Å². The Bertz CT molecular complexity index is 398. The van der Waals surface area contributed by atoms with Crippen molar-refractivity contribution in [2.75, 3.05) is 53.6 Å². The lowest BCUT2D eigenvalue weighted by molar-refractivity contribution is 0.0876. The number of unbranched alkanes of at least 4 members (excludes halogenated alkanes) is 8. The molecule has 0 amide bonds. The van der Waals surface area contributed by atoms with E-state index in [1.165, 1.54) is 64.2 Å². The maximum atomic E-state index is 5.72. The number of rotatable bonds is 22. The van der Waals surface area contributed by atoms with Crippen molar-refractivity contribution < 1.29 is 9.47 Å². The van der Waals surface area contributed by atoms with E-state index in [0.717, 1.165) is 55.5 Å². The van der Waals surface area contributed by atoms with Crippen molar-refractivity contribution in [2.24, 2.45) is 0 Å². The van der Waals surface area contributed by atoms with Crippen molar-refractivity contribution in [3.05, 3.63) is 0 Å². The molecule has 0 saturated carbocycles. The predicted octanol–water partition coefficient (Wildman–Crippen LogP) is 6.65. The normalized spacial score (nSPS) is 11.0. The van der Waals surface area contributed by atoms with Crippen LogP contribution in [0, 0.1) is 0 Å². The first-order valence-electron chi connectivity index (χ1n) is 12.7. The molecule has 0 bridgehead atoms. The number of thiocarbonyl (C=S) groups is 2. The fraction of sp³-hybridized carbons (Fsp3) is 0.920. The van der Waals surface area contributed by atoms with E-state index in [-0.39, 0.29) is 0 Å². The highest BCUT2D eigenvalue weighted by molar-refractivity contribution is 7.80. The van der Waals surface area contributed by atoms with Gasteiger partial charge in [-0.3, -0.25) is 0 Å². The van der Waals surface area contributed by atoms with Crippen molar-refractivity contribution in [1.29, 1.82) is 0 Å². The van der Waals surface area contributed by atoms with Gasteiger partial charge in [-0.2, -0.15) is 0 Å². The molecule has 0 aliphatic carbocycles. The van der Waals surface area contributed by atoms with E-state index in [1.54, 1.807) is 0 Å². The second-order valence-corrected chi connectivity index (χ2v) is 9.48. The van der Waals surface area contributed by atoms with Crippen LogP contribution in [0.3, 0.4) is 0 Å². The minimum atomic E-state index is 0.701. The first-order chi connectivity index (χ1) is 15.0. The third-order valence-corrected chi connectivity index (χ3v) is 6.58. The molecule has 0 heterocycles. The summed E-state index contributed by atoms with van der Waals surface area (Å²) in [5, 5.41) is 0. The molecule has 0 aromatic rings. The molecule has 0 unspecified atom stereocenters. The molecule has 0 aliphatic rings. The molecular formula is C25H50N2O2S2. The van der Waals surface area contributed by atoms with Crippen LogP contribution in [-0.4, -0.2) is 73.4 Å². The summed E-state index contributed by atoms with van der Waals surface area (Å²) in [5.41, 5.74) is 0. The zero-order chi connectivity index (χ0) is 23.2. The average Bonchev–Trinajstić information content (AvgIpc) is 2.76. The Hall–Kier alpha value is -0.300. The number of hydrogen-bond acceptors (Lipinski definition) is 4. The van der Waals surface area contributed by atoms with Crippen molar-refractivity contribution in [3.8, 4) is 0 Å². The third-order valence-electron chi connectivity index (χ3n) is 5.54. The summed E-state index contributed by atoms with van der Waals surface area (Å²) < 4.78 is 11.4. The maximum absolute atomic E-state index is 5.72. The molecule has 4 nitrogen and oxygen atoms in total. The van der Waals surface area contributed by atoms with E-state index in [2.05, 4.69) is 37.7 Å². The topological polar surface area (TPSA) is 24.9 Å². The average molecular weight is 475 g/mol. The Labute approximate surface area is 204 Å². The monoisotopic (exact) mass is 474 g/mol. The lowest BCUT2D eigenvalue weighted by atomic mass is 10.1. The van der Waals surface area contributed by atoms with E-state index in [9.17, 15) is 0 Å². The van der Waals surface area contributed by atoms with E-state index in [1.807, 2.05) is 0 Å². The van der Waals surface area contributed by atoms with Crippen LogP contribution in [0.15, 0.2) is 0 Å². The van der Waals surface area contributed by atoms with Crippen LogP contribution >= 0.6 is 24.4 Å². The summed E-state index contributed by atoms with van der Waals surface area (Å²) in [6.45, 7) is 9.48. The Morgan fingerprint density at radius 2 is 0.935 bits per heavy atom. The number of hydrogen-bond donors (Lipinski definition) is 0. The van der Waals surface area contributed by atoms with Crippen LogP contribution in [0.4, 0.5) is 0 Å². The van der Waals surface area contributed by atoms with Gasteiger partial charge in [-0.05, 0) is 19.3 Å². The SMILES string of the molecule is CCCCCCCN(C)C(=S)CCOCCCOCCC(=S)N(C)CCCCCCC. The molecule has 0 aromatic heterocycles. The van der Waals surface area contributed by atoms with E-state index >= 15 is 0 Å². The lowest BCUT2D eigenvalue weighted by Crippen LogP contribution is -2.27. The Morgan fingerprint density at radius 3 is 1.32 bits per heavy atom. The van der Waals surface area contributed by atoms with Crippen LogP contribution in [0.25, 0.3) is 0 Å². The van der Waals surface area contributed by atoms with E-state index < -0.39 is 0 Å². The zero-order valence-corrected chi connectivity index (χ0v) is 22.6. The summed E-state index contributed by atoms with van der Waals surface area (Å²) in [6.07, 6.45) is 15.6. The molecule has 0 spiro atoms. The smallest absolute Gasteiger partial charge is 0.0799 e. The third kappa shape index (κ3) is 20.1. The highest BCUT2D eigenvalue weighted by Crippen LogP contribution is 2.06. The zero-order valence-electron chi connectivity index (χ0n) is 21.0. The maximum Gasteiger partial charge on any atom is 0.0799 e. The number of ether oxygens (including phenoxy) is 2. The summed E-state index contributed by atoms with van der Waals surface area (Å²) in [6, 6.07) is 0. The van der Waals surface area contributed by atoms with Crippen molar-refractivity contribution in [2.45, 2.75) is 97.3 Å². The molecule has 0 aliphatic heterocycles. The van der Waals surface area contributed by atoms with Crippen molar-refractivity contribution in [3.63, 3.8) is 0 Å². The van der Waals surface area contributed by atoms with Gasteiger partial charge in [-0.15, -0.1) is 0 Å². The molecule has 0 N–H and O–H groups in total. The van der Waals surface area contributed by atoms with E-state index in [4.69, 9.17) is 33.9 Å². The van der Waals surface area contributed by atoms with Gasteiger partial charge < -0.3 is 19.3 Å². The standard InChI is InChI=1S/C25H50N2O2S2/c1-5-7-9-11-13-18-26(3)24(30)16-22-28-20-15-21-29-23-17-25(31)27(4)19-14-12-10-8-6-2/h5-23H2,1-4H3. The molecule has 0 fully saturated rings. The van der Waals surface area contributed by atoms with Crippen molar-refractivity contribution >= 4 is 34.4 Å².